The predicted molar refractivity (Wildman–Crippen MR) is 215 cm³/mol. The van der Waals surface area contributed by atoms with E-state index in [9.17, 15) is 23.6 Å². The number of aromatic nitrogens is 3. The van der Waals surface area contributed by atoms with Crippen molar-refractivity contribution in [2.24, 2.45) is 5.92 Å². The van der Waals surface area contributed by atoms with Crippen molar-refractivity contribution in [3.8, 4) is 11.3 Å². The van der Waals surface area contributed by atoms with E-state index in [2.05, 4.69) is 41.1 Å². The van der Waals surface area contributed by atoms with Crippen LogP contribution in [0.2, 0.25) is 0 Å². The number of pyridine rings is 1. The first-order valence-corrected chi connectivity index (χ1v) is 21.2. The molecule has 0 spiro atoms. The summed E-state index contributed by atoms with van der Waals surface area (Å²) in [6.45, 7) is 2.39. The van der Waals surface area contributed by atoms with Gasteiger partial charge in [0.1, 0.15) is 23.4 Å². The van der Waals surface area contributed by atoms with Gasteiger partial charge in [-0.3, -0.25) is 29.4 Å². The summed E-state index contributed by atoms with van der Waals surface area (Å²) in [4.78, 5) is 66.6. The number of nitrogens with one attached hydrogen (secondary N) is 4. The molecule has 15 heteroatoms. The number of likely N-dealkylation sites (tertiary alicyclic amines) is 1. The molecule has 308 valence electrons. The lowest BCUT2D eigenvalue weighted by molar-refractivity contribution is -0.133. The maximum absolute atomic E-state index is 15.3. The van der Waals surface area contributed by atoms with Gasteiger partial charge in [0.15, 0.2) is 5.82 Å². The lowest BCUT2D eigenvalue weighted by atomic mass is 9.82. The maximum atomic E-state index is 15.3. The van der Waals surface area contributed by atoms with Crippen LogP contribution in [-0.2, 0) is 19.2 Å². The largest absolute Gasteiger partial charge is 0.374 e. The number of piperidine rings is 3. The van der Waals surface area contributed by atoms with E-state index in [0.29, 0.717) is 54.0 Å². The lowest BCUT2D eigenvalue weighted by Crippen LogP contribution is -2.47. The van der Waals surface area contributed by atoms with E-state index in [0.717, 1.165) is 90.1 Å². The molecule has 2 aliphatic carbocycles. The molecular formula is C43H53F2N9O4. The molecule has 1 atom stereocenters. The Labute approximate surface area is 337 Å². The third-order valence-electron chi connectivity index (χ3n) is 12.9. The van der Waals surface area contributed by atoms with Crippen LogP contribution in [0.3, 0.4) is 0 Å². The monoisotopic (exact) mass is 797 g/mol. The number of nitrogens with zero attached hydrogens (tertiary/aromatic N) is 5. The van der Waals surface area contributed by atoms with E-state index in [1.54, 1.807) is 23.2 Å². The Hall–Kier alpha value is -5.05. The Morgan fingerprint density at radius 2 is 1.55 bits per heavy atom. The fourth-order valence-electron chi connectivity index (χ4n) is 9.54. The molecule has 1 aromatic carbocycles. The minimum atomic E-state index is -0.550. The molecule has 0 bridgehead atoms. The quantitative estimate of drug-likeness (QED) is 0.184. The van der Waals surface area contributed by atoms with Gasteiger partial charge in [-0.25, -0.2) is 23.7 Å². The molecule has 8 rings (SSSR count). The molecule has 1 unspecified atom stereocenters. The fourth-order valence-corrected chi connectivity index (χ4v) is 9.54. The first-order chi connectivity index (χ1) is 28.2. The van der Waals surface area contributed by atoms with Gasteiger partial charge in [-0.05, 0) is 132 Å². The van der Waals surface area contributed by atoms with Gasteiger partial charge in [0.2, 0.25) is 29.6 Å². The molecule has 0 radical (unpaired) electrons. The van der Waals surface area contributed by atoms with Crippen molar-refractivity contribution in [3.63, 3.8) is 0 Å². The van der Waals surface area contributed by atoms with Crippen molar-refractivity contribution in [1.82, 2.24) is 30.5 Å². The van der Waals surface area contributed by atoms with Crippen LogP contribution in [0.15, 0.2) is 42.7 Å². The minimum absolute atomic E-state index is 0.0128. The lowest BCUT2D eigenvalue weighted by Gasteiger charge is -2.41. The zero-order valence-corrected chi connectivity index (χ0v) is 32.9. The number of benzene rings is 1. The Morgan fingerprint density at radius 1 is 0.776 bits per heavy atom. The van der Waals surface area contributed by atoms with Crippen LogP contribution in [0.5, 0.6) is 0 Å². The topological polar surface area (TPSA) is 162 Å². The number of hydrogen-bond donors (Lipinski definition) is 4. The summed E-state index contributed by atoms with van der Waals surface area (Å²) in [5.41, 5.74) is 1.94. The molecule has 5 aliphatic rings. The molecule has 2 saturated carbocycles. The standard InChI is InChI=1S/C43H53F2N9O4/c44-34-24-31(48-36-14-15-38(55)51-42(36)58)10-13-33(34)26-17-21-53(22-18-26)32-11-4-27(5-12-32)41(57)49-29-6-8-30(9-7-29)50-43-47-25-35(45)40(52-43)28-16-19-46-37(23-28)54-20-2-1-3-39(54)56/h10,13,16,19,23-27,29-30,32,36,48H,1-9,11-12,14-15,17-18,20-22H2,(H,49,57)(H,47,50,52)(H,51,55,58)/t27-,29?,30?,32-,36?. The zero-order valence-electron chi connectivity index (χ0n) is 32.9. The molecule has 2 aromatic heterocycles. The second-order valence-corrected chi connectivity index (χ2v) is 16.7. The van der Waals surface area contributed by atoms with Gasteiger partial charge in [-0.1, -0.05) is 6.07 Å². The second-order valence-electron chi connectivity index (χ2n) is 16.7. The summed E-state index contributed by atoms with van der Waals surface area (Å²) in [5, 5.41) is 12.1. The van der Waals surface area contributed by atoms with Gasteiger partial charge in [-0.2, -0.15) is 0 Å². The van der Waals surface area contributed by atoms with Gasteiger partial charge in [0.25, 0.3) is 0 Å². The van der Waals surface area contributed by atoms with Crippen molar-refractivity contribution < 1.29 is 28.0 Å². The molecule has 4 amide bonds. The highest BCUT2D eigenvalue weighted by Gasteiger charge is 2.34. The van der Waals surface area contributed by atoms with Crippen LogP contribution in [0.4, 0.5) is 26.2 Å². The van der Waals surface area contributed by atoms with Crippen molar-refractivity contribution in [1.29, 1.82) is 0 Å². The van der Waals surface area contributed by atoms with Gasteiger partial charge in [-0.15, -0.1) is 0 Å². The highest BCUT2D eigenvalue weighted by atomic mass is 19.1. The minimum Gasteiger partial charge on any atom is -0.374 e. The van der Waals surface area contributed by atoms with Crippen molar-refractivity contribution >= 4 is 41.1 Å². The highest BCUT2D eigenvalue weighted by Crippen LogP contribution is 2.36. The van der Waals surface area contributed by atoms with E-state index < -0.39 is 11.9 Å². The summed E-state index contributed by atoms with van der Waals surface area (Å²) in [5.74, 6) is -0.310. The number of hydrogen-bond acceptors (Lipinski definition) is 10. The van der Waals surface area contributed by atoms with Crippen molar-refractivity contribution in [2.75, 3.05) is 35.2 Å². The first kappa shape index (κ1) is 39.8. The molecule has 3 aliphatic heterocycles. The van der Waals surface area contributed by atoms with Gasteiger partial charge in [0.05, 0.1) is 6.20 Å². The van der Waals surface area contributed by atoms with Gasteiger partial charge < -0.3 is 20.9 Å². The molecule has 5 fully saturated rings. The molecule has 3 aromatic rings. The van der Waals surface area contributed by atoms with Crippen molar-refractivity contribution in [2.45, 2.75) is 126 Å². The number of rotatable bonds is 10. The van der Waals surface area contributed by atoms with Crippen LogP contribution in [0.1, 0.15) is 108 Å². The Kier molecular flexibility index (Phi) is 12.2. The van der Waals surface area contributed by atoms with Crippen LogP contribution in [0.25, 0.3) is 11.3 Å². The summed E-state index contributed by atoms with van der Waals surface area (Å²) in [6, 6.07) is 8.61. The number of imide groups is 1. The van der Waals surface area contributed by atoms with Crippen LogP contribution in [-0.4, -0.2) is 87.3 Å². The van der Waals surface area contributed by atoms with E-state index in [4.69, 9.17) is 0 Å². The zero-order chi connectivity index (χ0) is 40.2. The number of carbonyl (C=O) groups excluding carboxylic acids is 4. The van der Waals surface area contributed by atoms with Crippen LogP contribution in [0, 0.1) is 17.6 Å². The van der Waals surface area contributed by atoms with Gasteiger partial charge in [0, 0.05) is 60.9 Å². The molecule has 3 saturated heterocycles. The molecule has 13 nitrogen and oxygen atoms in total. The number of carbonyl (C=O) groups is 4. The number of halogens is 2. The van der Waals surface area contributed by atoms with E-state index in [1.807, 2.05) is 12.1 Å². The van der Waals surface area contributed by atoms with Crippen LogP contribution >= 0.6 is 0 Å². The first-order valence-electron chi connectivity index (χ1n) is 21.2. The SMILES string of the molecule is O=C1CCC(Nc2ccc(C3CCN([C@H]4CC[C@H](C(=O)NC5CCC(Nc6ncc(F)c(-c7ccnc(N8CCCCC8=O)c7)n6)CC5)CC4)CC3)c(F)c2)C(=O)N1. The summed E-state index contributed by atoms with van der Waals surface area (Å²) in [7, 11) is 0. The summed E-state index contributed by atoms with van der Waals surface area (Å²) < 4.78 is 30.2. The van der Waals surface area contributed by atoms with Crippen LogP contribution < -0.4 is 26.2 Å². The Morgan fingerprint density at radius 3 is 2.29 bits per heavy atom. The van der Waals surface area contributed by atoms with E-state index in [1.165, 1.54) is 12.3 Å². The molecule has 5 heterocycles. The molecule has 4 N–H and O–H groups in total. The third kappa shape index (κ3) is 9.29. The Bertz CT molecular complexity index is 1990. The summed E-state index contributed by atoms with van der Waals surface area (Å²) in [6.07, 6.45) is 14.4. The molecule has 58 heavy (non-hydrogen) atoms. The average molecular weight is 798 g/mol. The Balaban J connectivity index is 0.754. The maximum Gasteiger partial charge on any atom is 0.249 e. The van der Waals surface area contributed by atoms with Crippen molar-refractivity contribution in [3.05, 3.63) is 59.9 Å². The van der Waals surface area contributed by atoms with Gasteiger partial charge >= 0.3 is 0 Å². The second kappa shape index (κ2) is 17.8. The smallest absolute Gasteiger partial charge is 0.249 e. The van der Waals surface area contributed by atoms with E-state index in [-0.39, 0.29) is 65.5 Å². The summed E-state index contributed by atoms with van der Waals surface area (Å²) >= 11 is 0. The fraction of sp³-hybridized carbons (Fsp3) is 0.558. The molecular weight excluding hydrogens is 745 g/mol. The highest BCUT2D eigenvalue weighted by molar-refractivity contribution is 6.01. The average Bonchev–Trinajstić information content (AvgIpc) is 3.24. The normalized spacial score (nSPS) is 26.2. The third-order valence-corrected chi connectivity index (χ3v) is 12.9. The number of amides is 4. The van der Waals surface area contributed by atoms with E-state index >= 15 is 4.39 Å². The predicted octanol–water partition coefficient (Wildman–Crippen LogP) is 5.83. The number of anilines is 3.